The Hall–Kier alpha value is 0.150. The third kappa shape index (κ3) is 146. The van der Waals surface area contributed by atoms with Crippen molar-refractivity contribution in [2.24, 2.45) is 0 Å². The average Bonchev–Trinajstić information content (AvgIpc) is 1.63. The van der Waals surface area contributed by atoms with Gasteiger partial charge in [-0.2, -0.15) is 8.42 Å². The van der Waals surface area contributed by atoms with Crippen molar-refractivity contribution in [1.29, 1.82) is 0 Å². The summed E-state index contributed by atoms with van der Waals surface area (Å²) in [4.78, 5) is 0. The van der Waals surface area contributed by atoms with E-state index >= 15 is 0 Å². The van der Waals surface area contributed by atoms with Gasteiger partial charge in [0.15, 0.2) is 0 Å². The zero-order valence-corrected chi connectivity index (χ0v) is 5.91. The molecule has 0 aromatic heterocycles. The maximum absolute atomic E-state index is 8.74. The predicted octanol–water partition coefficient (Wildman–Crippen LogP) is -0.0113. The Labute approximate surface area is 87.6 Å². The minimum atomic E-state index is -4.67. The van der Waals surface area contributed by atoms with Crippen molar-refractivity contribution >= 4 is 40.0 Å². The van der Waals surface area contributed by atoms with Crippen LogP contribution in [0.4, 0.5) is 0 Å². The van der Waals surface area contributed by atoms with Gasteiger partial charge in [-0.3, -0.25) is 9.11 Å². The third-order valence-corrected chi connectivity index (χ3v) is 0.192. The summed E-state index contributed by atoms with van der Waals surface area (Å²) in [6, 6.07) is 0. The van der Waals surface area contributed by atoms with Gasteiger partial charge in [-0.1, -0.05) is 13.2 Å². The zero-order valence-electron chi connectivity index (χ0n) is 5.10. The Morgan fingerprint density at radius 1 is 1.18 bits per heavy atom. The SMILES string of the molecule is C=COC=C.O=S(=O)(O)O.[NaH]. The second-order valence-corrected chi connectivity index (χ2v) is 1.81. The van der Waals surface area contributed by atoms with Crippen molar-refractivity contribution in [3.63, 3.8) is 0 Å². The van der Waals surface area contributed by atoms with Crippen LogP contribution < -0.4 is 0 Å². The molecule has 0 fully saturated rings. The van der Waals surface area contributed by atoms with Crippen molar-refractivity contribution in [1.82, 2.24) is 0 Å². The van der Waals surface area contributed by atoms with Crippen molar-refractivity contribution in [2.45, 2.75) is 0 Å². The van der Waals surface area contributed by atoms with Gasteiger partial charge in [0.1, 0.15) is 0 Å². The summed E-state index contributed by atoms with van der Waals surface area (Å²) >= 11 is 0. The second-order valence-electron chi connectivity index (χ2n) is 0.917. The topological polar surface area (TPSA) is 83.8 Å². The van der Waals surface area contributed by atoms with E-state index in [0.29, 0.717) is 0 Å². The summed E-state index contributed by atoms with van der Waals surface area (Å²) in [5.74, 6) is 0. The molecule has 5 nitrogen and oxygen atoms in total. The molecule has 0 aliphatic heterocycles. The van der Waals surface area contributed by atoms with Crippen LogP contribution in [0.1, 0.15) is 0 Å². The molecule has 0 aliphatic rings. The van der Waals surface area contributed by atoms with Crippen molar-refractivity contribution in [3.05, 3.63) is 25.7 Å². The van der Waals surface area contributed by atoms with Crippen LogP contribution in [0.15, 0.2) is 25.7 Å². The molecule has 0 unspecified atom stereocenters. The summed E-state index contributed by atoms with van der Waals surface area (Å²) in [7, 11) is -4.67. The molecule has 0 atom stereocenters. The molecule has 0 heterocycles. The van der Waals surface area contributed by atoms with Crippen molar-refractivity contribution in [2.75, 3.05) is 0 Å². The Kier molecular flexibility index (Phi) is 16.0. The van der Waals surface area contributed by atoms with E-state index in [1.807, 2.05) is 0 Å². The van der Waals surface area contributed by atoms with Crippen molar-refractivity contribution < 1.29 is 22.3 Å². The van der Waals surface area contributed by atoms with Gasteiger partial charge in [0.2, 0.25) is 0 Å². The molecule has 0 aromatic carbocycles. The molecule has 0 amide bonds. The molecule has 0 bridgehead atoms. The fourth-order valence-corrected chi connectivity index (χ4v) is 0.0680. The van der Waals surface area contributed by atoms with Gasteiger partial charge in [0, 0.05) is 0 Å². The summed E-state index contributed by atoms with van der Waals surface area (Å²) in [6.45, 7) is 6.51. The van der Waals surface area contributed by atoms with Crippen LogP contribution in [0.25, 0.3) is 0 Å². The van der Waals surface area contributed by atoms with Crippen molar-refractivity contribution in [3.8, 4) is 0 Å². The van der Waals surface area contributed by atoms with Gasteiger partial charge < -0.3 is 4.74 Å². The van der Waals surface area contributed by atoms with Crippen LogP contribution in [-0.2, 0) is 15.1 Å². The van der Waals surface area contributed by atoms with Crippen LogP contribution in [-0.4, -0.2) is 47.1 Å². The molecule has 0 saturated carbocycles. The molecule has 0 spiro atoms. The van der Waals surface area contributed by atoms with Gasteiger partial charge in [0.05, 0.1) is 12.5 Å². The second kappa shape index (κ2) is 10.2. The summed E-state index contributed by atoms with van der Waals surface area (Å²) in [5.41, 5.74) is 0. The Bertz CT molecular complexity index is 171. The first-order chi connectivity index (χ1) is 4.41. The standard InChI is InChI=1S/C4H6O.Na.H2O4S.H/c1-3-5-4-2;;1-5(2,3)4;/h3-4H,1-2H2;;(H2,1,2,3,4);. The van der Waals surface area contributed by atoms with Crippen LogP contribution in [0.3, 0.4) is 0 Å². The molecule has 0 saturated heterocycles. The number of hydrogen-bond acceptors (Lipinski definition) is 3. The van der Waals surface area contributed by atoms with Gasteiger partial charge in [-0.05, 0) is 0 Å². The first-order valence-electron chi connectivity index (χ1n) is 1.99. The normalized spacial score (nSPS) is 7.82. The quantitative estimate of drug-likeness (QED) is 0.365. The van der Waals surface area contributed by atoms with E-state index in [1.165, 1.54) is 12.5 Å². The molecule has 0 aromatic rings. The third-order valence-electron chi connectivity index (χ3n) is 0.192. The van der Waals surface area contributed by atoms with Gasteiger partial charge in [-0.15, -0.1) is 0 Å². The van der Waals surface area contributed by atoms with E-state index in [2.05, 4.69) is 17.9 Å². The fourth-order valence-electron chi connectivity index (χ4n) is 0.0680. The van der Waals surface area contributed by atoms with Crippen LogP contribution >= 0.6 is 0 Å². The number of ether oxygens (including phenoxy) is 1. The molecule has 62 valence electrons. The molecule has 0 radical (unpaired) electrons. The van der Waals surface area contributed by atoms with E-state index in [4.69, 9.17) is 17.5 Å². The van der Waals surface area contributed by atoms with E-state index in [-0.39, 0.29) is 29.6 Å². The summed E-state index contributed by atoms with van der Waals surface area (Å²) in [5, 5.41) is 0. The molecule has 0 rings (SSSR count). The van der Waals surface area contributed by atoms with Gasteiger partial charge >= 0.3 is 40.0 Å². The van der Waals surface area contributed by atoms with Crippen LogP contribution in [0, 0.1) is 0 Å². The maximum atomic E-state index is 8.74. The molecular weight excluding hydrogens is 183 g/mol. The summed E-state index contributed by atoms with van der Waals surface area (Å²) in [6.07, 6.45) is 2.62. The zero-order chi connectivity index (χ0) is 8.62. The average molecular weight is 192 g/mol. The van der Waals surface area contributed by atoms with Gasteiger partial charge in [0.25, 0.3) is 0 Å². The monoisotopic (exact) mass is 192 g/mol. The molecule has 0 aliphatic carbocycles. The molecular formula is C4H9NaO5S. The van der Waals surface area contributed by atoms with E-state index < -0.39 is 10.4 Å². The molecule has 2 N–H and O–H groups in total. The summed E-state index contributed by atoms with van der Waals surface area (Å²) < 4.78 is 35.9. The predicted molar refractivity (Wildman–Crippen MR) is 42.8 cm³/mol. The molecule has 11 heavy (non-hydrogen) atoms. The number of rotatable bonds is 2. The minimum absolute atomic E-state index is 0. The molecule has 7 heteroatoms. The first kappa shape index (κ1) is 17.3. The Balaban J connectivity index is -0.000000107. The number of hydrogen-bond donors (Lipinski definition) is 2. The van der Waals surface area contributed by atoms with E-state index in [1.54, 1.807) is 0 Å². The van der Waals surface area contributed by atoms with E-state index in [0.717, 1.165) is 0 Å². The van der Waals surface area contributed by atoms with Gasteiger partial charge in [-0.25, -0.2) is 0 Å². The van der Waals surface area contributed by atoms with E-state index in [9.17, 15) is 0 Å². The van der Waals surface area contributed by atoms with Crippen LogP contribution in [0.2, 0.25) is 0 Å². The van der Waals surface area contributed by atoms with Crippen LogP contribution in [0.5, 0.6) is 0 Å². The fraction of sp³-hybridized carbons (Fsp3) is 0. The Morgan fingerprint density at radius 2 is 1.36 bits per heavy atom. The first-order valence-corrected chi connectivity index (χ1v) is 3.38. The Morgan fingerprint density at radius 3 is 1.36 bits per heavy atom.